The predicted molar refractivity (Wildman–Crippen MR) is 170 cm³/mol. The maximum atomic E-state index is 14.3. The quantitative estimate of drug-likeness (QED) is 0.154. The molecule has 1 aromatic rings. The van der Waals surface area contributed by atoms with Crippen molar-refractivity contribution in [3.05, 3.63) is 61.2 Å². The van der Waals surface area contributed by atoms with Crippen LogP contribution in [0.5, 0.6) is 0 Å². The maximum Gasteiger partial charge on any atom is 0.313 e. The van der Waals surface area contributed by atoms with Crippen LogP contribution in [-0.4, -0.2) is 88.1 Å². The smallest absolute Gasteiger partial charge is 0.313 e. The number of aliphatic hydroxyl groups is 1. The van der Waals surface area contributed by atoms with Gasteiger partial charge in [-0.05, 0) is 64.9 Å². The Bertz CT molecular complexity index is 1240. The molecule has 3 aliphatic rings. The van der Waals surface area contributed by atoms with Crippen LogP contribution in [0.1, 0.15) is 77.4 Å². The van der Waals surface area contributed by atoms with Crippen molar-refractivity contribution < 1.29 is 33.8 Å². The Labute approximate surface area is 266 Å². The summed E-state index contributed by atoms with van der Waals surface area (Å²) >= 11 is 0. The van der Waals surface area contributed by atoms with Crippen molar-refractivity contribution in [1.29, 1.82) is 0 Å². The average molecular weight is 624 g/mol. The molecule has 4 rings (SSSR count). The lowest BCUT2D eigenvalue weighted by molar-refractivity contribution is -0.162. The zero-order valence-corrected chi connectivity index (χ0v) is 26.9. The highest BCUT2D eigenvalue weighted by atomic mass is 16.6. The normalized spacial score (nSPS) is 26.3. The van der Waals surface area contributed by atoms with E-state index < -0.39 is 47.7 Å². The van der Waals surface area contributed by atoms with E-state index in [1.165, 1.54) is 0 Å². The van der Waals surface area contributed by atoms with Crippen LogP contribution in [0.2, 0.25) is 0 Å². The third-order valence-corrected chi connectivity index (χ3v) is 9.39. The Morgan fingerprint density at radius 1 is 1.16 bits per heavy atom. The fourth-order valence-electron chi connectivity index (χ4n) is 7.30. The average Bonchev–Trinajstić information content (AvgIpc) is 3.66. The summed E-state index contributed by atoms with van der Waals surface area (Å²) in [6.07, 6.45) is 5.70. The molecule has 3 heterocycles. The SMILES string of the molecule is C=CCCC(=O)N[C@@H](C)[C@H](OC(=O)[C@@H]1[C@@H]2CC[C@]3(O2)[C@H](C(=O)N(CC=C)C(C)C)N(CCCCCO)C(=O)[C@@H]13)c1ccccc1. The Kier molecular flexibility index (Phi) is 11.6. The molecule has 10 nitrogen and oxygen atoms in total. The Balaban J connectivity index is 1.64. The number of rotatable bonds is 17. The molecule has 0 saturated carbocycles. The van der Waals surface area contributed by atoms with Gasteiger partial charge in [-0.3, -0.25) is 19.2 Å². The summed E-state index contributed by atoms with van der Waals surface area (Å²) in [5.74, 6) is -2.98. The molecule has 10 heteroatoms. The second kappa shape index (κ2) is 15.2. The van der Waals surface area contributed by atoms with Crippen molar-refractivity contribution in [1.82, 2.24) is 15.1 Å². The van der Waals surface area contributed by atoms with Crippen molar-refractivity contribution in [2.45, 2.75) is 102 Å². The minimum absolute atomic E-state index is 0.0533. The lowest BCUT2D eigenvalue weighted by Crippen LogP contribution is -2.57. The number of esters is 1. The molecule has 2 bridgehead atoms. The molecular formula is C35H49N3O7. The third kappa shape index (κ3) is 7.02. The molecule has 45 heavy (non-hydrogen) atoms. The standard InChI is InChI=1S/C35H49N3O7/c1-6-8-17-27(40)36-24(5)30(25-15-11-9-12-16-25)44-34(43)28-26-18-19-35(45-26)29(28)32(41)38(21-13-10-14-22-39)31(35)33(42)37(20-7-2)23(3)4/h6-7,9,11-12,15-16,23-24,26,28-31,39H,1-2,8,10,13-14,17-22H2,3-5H3,(H,36,40)/t24-,26-,28+,29+,30-,31-,35+/m0/s1. The molecule has 3 amide bonds. The molecule has 0 aromatic heterocycles. The van der Waals surface area contributed by atoms with Gasteiger partial charge in [0.05, 0.1) is 24.0 Å². The van der Waals surface area contributed by atoms with Crippen LogP contribution in [0, 0.1) is 11.8 Å². The number of unbranched alkanes of at least 4 members (excludes halogenated alkanes) is 2. The second-order valence-corrected chi connectivity index (χ2v) is 12.7. The third-order valence-electron chi connectivity index (χ3n) is 9.39. The maximum absolute atomic E-state index is 14.3. The van der Waals surface area contributed by atoms with Crippen molar-refractivity contribution in [2.24, 2.45) is 11.8 Å². The summed E-state index contributed by atoms with van der Waals surface area (Å²) in [5.41, 5.74) is -0.421. The van der Waals surface area contributed by atoms with Gasteiger partial charge in [0, 0.05) is 32.2 Å². The van der Waals surface area contributed by atoms with Gasteiger partial charge in [0.15, 0.2) is 0 Å². The van der Waals surface area contributed by atoms with Gasteiger partial charge in [-0.15, -0.1) is 13.2 Å². The van der Waals surface area contributed by atoms with Gasteiger partial charge in [0.2, 0.25) is 17.7 Å². The zero-order chi connectivity index (χ0) is 32.7. The molecule has 0 aliphatic carbocycles. The van der Waals surface area contributed by atoms with E-state index in [0.29, 0.717) is 51.6 Å². The number of benzene rings is 1. The summed E-state index contributed by atoms with van der Waals surface area (Å²) in [7, 11) is 0. The van der Waals surface area contributed by atoms with Crippen LogP contribution in [0.25, 0.3) is 0 Å². The molecule has 3 aliphatic heterocycles. The summed E-state index contributed by atoms with van der Waals surface area (Å²) in [4.78, 5) is 58.6. The fraction of sp³-hybridized carbons (Fsp3) is 0.600. The van der Waals surface area contributed by atoms with Crippen LogP contribution in [0.4, 0.5) is 0 Å². The largest absolute Gasteiger partial charge is 0.455 e. The molecule has 3 fully saturated rings. The van der Waals surface area contributed by atoms with Crippen LogP contribution in [0.15, 0.2) is 55.6 Å². The molecule has 2 N–H and O–H groups in total. The predicted octanol–water partition coefficient (Wildman–Crippen LogP) is 3.70. The van der Waals surface area contributed by atoms with Crippen molar-refractivity contribution in [2.75, 3.05) is 19.7 Å². The van der Waals surface area contributed by atoms with Gasteiger partial charge in [-0.25, -0.2) is 0 Å². The van der Waals surface area contributed by atoms with Gasteiger partial charge in [-0.2, -0.15) is 0 Å². The number of aliphatic hydroxyl groups excluding tert-OH is 1. The number of fused-ring (bicyclic) bond motifs is 1. The molecular weight excluding hydrogens is 574 g/mol. The number of carbonyl (C=O) groups excluding carboxylic acids is 4. The van der Waals surface area contributed by atoms with E-state index in [4.69, 9.17) is 9.47 Å². The van der Waals surface area contributed by atoms with E-state index in [9.17, 15) is 24.3 Å². The molecule has 3 saturated heterocycles. The Hall–Kier alpha value is -3.50. The first-order valence-corrected chi connectivity index (χ1v) is 16.3. The van der Waals surface area contributed by atoms with Gasteiger partial charge in [0.25, 0.3) is 0 Å². The highest BCUT2D eigenvalue weighted by molar-refractivity contribution is 5.98. The van der Waals surface area contributed by atoms with E-state index in [2.05, 4.69) is 18.5 Å². The minimum atomic E-state index is -1.14. The Morgan fingerprint density at radius 2 is 1.89 bits per heavy atom. The molecule has 0 radical (unpaired) electrons. The molecule has 246 valence electrons. The highest BCUT2D eigenvalue weighted by Crippen LogP contribution is 2.59. The molecule has 1 spiro atoms. The van der Waals surface area contributed by atoms with Crippen LogP contribution in [0.3, 0.4) is 0 Å². The van der Waals surface area contributed by atoms with Gasteiger partial charge < -0.3 is 29.7 Å². The first-order chi connectivity index (χ1) is 21.6. The number of likely N-dealkylation sites (tertiary alicyclic amines) is 1. The van der Waals surface area contributed by atoms with Crippen molar-refractivity contribution in [3.8, 4) is 0 Å². The van der Waals surface area contributed by atoms with Gasteiger partial charge in [0.1, 0.15) is 17.7 Å². The highest BCUT2D eigenvalue weighted by Gasteiger charge is 2.75. The van der Waals surface area contributed by atoms with E-state index in [1.54, 1.807) is 28.9 Å². The number of nitrogens with one attached hydrogen (secondary N) is 1. The summed E-state index contributed by atoms with van der Waals surface area (Å²) in [6, 6.07) is 7.67. The van der Waals surface area contributed by atoms with E-state index in [-0.39, 0.29) is 36.8 Å². The molecule has 7 atom stereocenters. The zero-order valence-electron chi connectivity index (χ0n) is 26.9. The van der Waals surface area contributed by atoms with Crippen LogP contribution >= 0.6 is 0 Å². The first kappa shape index (κ1) is 34.4. The van der Waals surface area contributed by atoms with Crippen LogP contribution < -0.4 is 5.32 Å². The number of hydrogen-bond donors (Lipinski definition) is 2. The lowest BCUT2D eigenvalue weighted by atomic mass is 9.70. The number of allylic oxidation sites excluding steroid dienone is 1. The number of amides is 3. The van der Waals surface area contributed by atoms with E-state index in [0.717, 1.165) is 5.56 Å². The molecule has 1 aromatic carbocycles. The number of ether oxygens (including phenoxy) is 2. The van der Waals surface area contributed by atoms with Crippen molar-refractivity contribution >= 4 is 23.7 Å². The topological polar surface area (TPSA) is 125 Å². The number of nitrogens with zero attached hydrogens (tertiary/aromatic N) is 2. The molecule has 0 unspecified atom stereocenters. The number of carbonyl (C=O) groups is 4. The monoisotopic (exact) mass is 623 g/mol. The Morgan fingerprint density at radius 3 is 2.53 bits per heavy atom. The van der Waals surface area contributed by atoms with Crippen LogP contribution in [-0.2, 0) is 28.7 Å². The lowest BCUT2D eigenvalue weighted by Gasteiger charge is -2.38. The van der Waals surface area contributed by atoms with E-state index in [1.807, 2.05) is 44.2 Å². The summed E-state index contributed by atoms with van der Waals surface area (Å²) in [5, 5.41) is 12.2. The van der Waals surface area contributed by atoms with Gasteiger partial charge in [-0.1, -0.05) is 42.5 Å². The number of hydrogen-bond acceptors (Lipinski definition) is 7. The minimum Gasteiger partial charge on any atom is -0.455 e. The van der Waals surface area contributed by atoms with Crippen molar-refractivity contribution in [3.63, 3.8) is 0 Å². The summed E-state index contributed by atoms with van der Waals surface area (Å²) in [6.45, 7) is 13.8. The first-order valence-electron chi connectivity index (χ1n) is 16.3. The van der Waals surface area contributed by atoms with Gasteiger partial charge >= 0.3 is 5.97 Å². The van der Waals surface area contributed by atoms with E-state index >= 15 is 0 Å². The fourth-order valence-corrected chi connectivity index (χ4v) is 7.30. The second-order valence-electron chi connectivity index (χ2n) is 12.7. The summed E-state index contributed by atoms with van der Waals surface area (Å²) < 4.78 is 12.8.